The summed E-state index contributed by atoms with van der Waals surface area (Å²) in [6, 6.07) is 13.1. The molecule has 2 aromatic rings. The largest absolute Gasteiger partial charge is 0.371 e. The van der Waals surface area contributed by atoms with E-state index < -0.39 is 0 Å². The highest BCUT2D eigenvalue weighted by atomic mass is 16.5. The van der Waals surface area contributed by atoms with Crippen molar-refractivity contribution in [1.82, 2.24) is 9.88 Å². The first-order valence-corrected chi connectivity index (χ1v) is 7.35. The van der Waals surface area contributed by atoms with Crippen LogP contribution in [-0.4, -0.2) is 42.5 Å². The molecule has 0 aliphatic carbocycles. The fraction of sp³-hybridized carbons (Fsp3) is 0.294. The lowest BCUT2D eigenvalue weighted by Crippen LogP contribution is -2.35. The molecule has 1 aromatic carbocycles. The van der Waals surface area contributed by atoms with Gasteiger partial charge in [0.2, 0.25) is 0 Å². The highest BCUT2D eigenvalue weighted by Crippen LogP contribution is 2.23. The van der Waals surface area contributed by atoms with Crippen LogP contribution in [0.25, 0.3) is 0 Å². The van der Waals surface area contributed by atoms with Gasteiger partial charge in [-0.15, -0.1) is 0 Å². The number of carbonyl (C=O) groups excluding carboxylic acids is 1. The van der Waals surface area contributed by atoms with E-state index in [9.17, 15) is 4.79 Å². The fourth-order valence-electron chi connectivity index (χ4n) is 2.45. The summed E-state index contributed by atoms with van der Waals surface area (Å²) in [7, 11) is 2.09. The molecule has 1 atom stereocenters. The van der Waals surface area contributed by atoms with Crippen LogP contribution in [0.15, 0.2) is 48.7 Å². The summed E-state index contributed by atoms with van der Waals surface area (Å²) >= 11 is 0. The van der Waals surface area contributed by atoms with Crippen molar-refractivity contribution in [2.45, 2.75) is 6.10 Å². The average Bonchev–Trinajstić information content (AvgIpc) is 2.56. The number of carbonyl (C=O) groups is 1. The minimum Gasteiger partial charge on any atom is -0.371 e. The van der Waals surface area contributed by atoms with Crippen LogP contribution in [0.2, 0.25) is 0 Å². The first kappa shape index (κ1) is 14.7. The fourth-order valence-corrected chi connectivity index (χ4v) is 2.45. The summed E-state index contributed by atoms with van der Waals surface area (Å²) in [4.78, 5) is 18.3. The molecule has 114 valence electrons. The molecule has 1 aliphatic heterocycles. The number of pyridine rings is 1. The maximum Gasteiger partial charge on any atom is 0.274 e. The first-order valence-electron chi connectivity index (χ1n) is 7.35. The number of likely N-dealkylation sites (N-methyl/N-ethyl adjacent to an activating group) is 1. The third-order valence-electron chi connectivity index (χ3n) is 3.71. The summed E-state index contributed by atoms with van der Waals surface area (Å²) in [6.45, 7) is 2.60. The number of amides is 1. The smallest absolute Gasteiger partial charge is 0.274 e. The molecule has 5 nitrogen and oxygen atoms in total. The highest BCUT2D eigenvalue weighted by molar-refractivity contribution is 6.02. The molecule has 1 amide bonds. The summed E-state index contributed by atoms with van der Waals surface area (Å²) in [5, 5.41) is 2.84. The quantitative estimate of drug-likeness (QED) is 0.945. The van der Waals surface area contributed by atoms with E-state index in [0.29, 0.717) is 5.69 Å². The number of rotatable bonds is 3. The van der Waals surface area contributed by atoms with E-state index in [2.05, 4.69) is 22.2 Å². The Balaban J connectivity index is 1.65. The molecule has 1 aromatic heterocycles. The van der Waals surface area contributed by atoms with Crippen molar-refractivity contribution in [3.05, 3.63) is 59.9 Å². The Hall–Kier alpha value is -2.24. The molecule has 1 unspecified atom stereocenters. The maximum atomic E-state index is 12.0. The monoisotopic (exact) mass is 297 g/mol. The molecular formula is C17H19N3O2. The van der Waals surface area contributed by atoms with Crippen LogP contribution in [0.1, 0.15) is 22.2 Å². The van der Waals surface area contributed by atoms with E-state index in [1.165, 1.54) is 0 Å². The number of nitrogens with one attached hydrogen (secondary N) is 1. The van der Waals surface area contributed by atoms with Gasteiger partial charge in [0.15, 0.2) is 0 Å². The van der Waals surface area contributed by atoms with Gasteiger partial charge in [0.05, 0.1) is 12.7 Å². The first-order chi connectivity index (χ1) is 10.7. The number of benzene rings is 1. The molecule has 1 N–H and O–H groups in total. The Bertz CT molecular complexity index is 628. The van der Waals surface area contributed by atoms with E-state index in [1.54, 1.807) is 24.4 Å². The molecular weight excluding hydrogens is 278 g/mol. The topological polar surface area (TPSA) is 54.5 Å². The second kappa shape index (κ2) is 6.68. The summed E-state index contributed by atoms with van der Waals surface area (Å²) in [5.74, 6) is -0.206. The number of anilines is 1. The van der Waals surface area contributed by atoms with Crippen LogP contribution in [0.4, 0.5) is 5.69 Å². The number of morpholine rings is 1. The van der Waals surface area contributed by atoms with Gasteiger partial charge >= 0.3 is 0 Å². The molecule has 0 spiro atoms. The number of aromatic nitrogens is 1. The predicted molar refractivity (Wildman–Crippen MR) is 84.8 cm³/mol. The SMILES string of the molecule is CN1CCOC(c2ccc(NC(=O)c3ccccn3)cc2)C1. The molecule has 1 saturated heterocycles. The molecule has 3 rings (SSSR count). The Labute approximate surface area is 129 Å². The number of ether oxygens (including phenoxy) is 1. The van der Waals surface area contributed by atoms with E-state index in [1.807, 2.05) is 24.3 Å². The number of nitrogens with zero attached hydrogens (tertiary/aromatic N) is 2. The normalized spacial score (nSPS) is 18.9. The van der Waals surface area contributed by atoms with E-state index in [4.69, 9.17) is 4.74 Å². The van der Waals surface area contributed by atoms with Crippen LogP contribution >= 0.6 is 0 Å². The van der Waals surface area contributed by atoms with Gasteiger partial charge in [-0.3, -0.25) is 9.78 Å². The van der Waals surface area contributed by atoms with E-state index >= 15 is 0 Å². The highest BCUT2D eigenvalue weighted by Gasteiger charge is 2.19. The minimum atomic E-state index is -0.206. The lowest BCUT2D eigenvalue weighted by Gasteiger charge is -2.30. The molecule has 22 heavy (non-hydrogen) atoms. The zero-order valence-corrected chi connectivity index (χ0v) is 12.5. The van der Waals surface area contributed by atoms with Crippen molar-refractivity contribution in [1.29, 1.82) is 0 Å². The molecule has 5 heteroatoms. The number of hydrogen-bond acceptors (Lipinski definition) is 4. The standard InChI is InChI=1S/C17H19N3O2/c1-20-10-11-22-16(12-20)13-5-7-14(8-6-13)19-17(21)15-4-2-3-9-18-15/h2-9,16H,10-12H2,1H3,(H,19,21). The predicted octanol–water partition coefficient (Wildman–Crippen LogP) is 2.34. The van der Waals surface area contributed by atoms with E-state index in [0.717, 1.165) is 30.9 Å². The van der Waals surface area contributed by atoms with Gasteiger partial charge in [-0.1, -0.05) is 18.2 Å². The molecule has 2 heterocycles. The van der Waals surface area contributed by atoms with E-state index in [-0.39, 0.29) is 12.0 Å². The van der Waals surface area contributed by atoms with Crippen LogP contribution < -0.4 is 5.32 Å². The zero-order valence-electron chi connectivity index (χ0n) is 12.5. The van der Waals surface area contributed by atoms with Crippen molar-refractivity contribution in [3.63, 3.8) is 0 Å². The lowest BCUT2D eigenvalue weighted by atomic mass is 10.1. The average molecular weight is 297 g/mol. The Morgan fingerprint density at radius 3 is 2.77 bits per heavy atom. The van der Waals surface area contributed by atoms with Gasteiger partial charge in [0.1, 0.15) is 5.69 Å². The molecule has 0 saturated carbocycles. The van der Waals surface area contributed by atoms with Crippen LogP contribution in [0.3, 0.4) is 0 Å². The molecule has 1 fully saturated rings. The Morgan fingerprint density at radius 1 is 1.27 bits per heavy atom. The van der Waals surface area contributed by atoms with Gasteiger partial charge < -0.3 is 15.0 Å². The Kier molecular flexibility index (Phi) is 4.46. The lowest BCUT2D eigenvalue weighted by molar-refractivity contribution is -0.0208. The minimum absolute atomic E-state index is 0.0966. The second-order valence-electron chi connectivity index (χ2n) is 5.41. The maximum absolute atomic E-state index is 12.0. The zero-order chi connectivity index (χ0) is 15.4. The van der Waals surface area contributed by atoms with Gasteiger partial charge in [0.25, 0.3) is 5.91 Å². The van der Waals surface area contributed by atoms with Crippen molar-refractivity contribution < 1.29 is 9.53 Å². The summed E-state index contributed by atoms with van der Waals surface area (Å²) in [5.41, 5.74) is 2.29. The van der Waals surface area contributed by atoms with Crippen molar-refractivity contribution >= 4 is 11.6 Å². The molecule has 0 bridgehead atoms. The van der Waals surface area contributed by atoms with Crippen LogP contribution in [-0.2, 0) is 4.74 Å². The van der Waals surface area contributed by atoms with Gasteiger partial charge in [-0.05, 0) is 36.9 Å². The third kappa shape index (κ3) is 3.50. The van der Waals surface area contributed by atoms with Gasteiger partial charge in [0, 0.05) is 25.0 Å². The van der Waals surface area contributed by atoms with Crippen molar-refractivity contribution in [2.24, 2.45) is 0 Å². The molecule has 0 radical (unpaired) electrons. The van der Waals surface area contributed by atoms with Gasteiger partial charge in [-0.2, -0.15) is 0 Å². The molecule has 1 aliphatic rings. The second-order valence-corrected chi connectivity index (χ2v) is 5.41. The van der Waals surface area contributed by atoms with Crippen molar-refractivity contribution in [3.8, 4) is 0 Å². The number of hydrogen-bond donors (Lipinski definition) is 1. The third-order valence-corrected chi connectivity index (χ3v) is 3.71. The van der Waals surface area contributed by atoms with Crippen LogP contribution in [0, 0.1) is 0 Å². The van der Waals surface area contributed by atoms with Crippen molar-refractivity contribution in [2.75, 3.05) is 32.1 Å². The Morgan fingerprint density at radius 2 is 2.09 bits per heavy atom. The summed E-state index contributed by atoms with van der Waals surface area (Å²) < 4.78 is 5.79. The van der Waals surface area contributed by atoms with Crippen LogP contribution in [0.5, 0.6) is 0 Å². The summed E-state index contributed by atoms with van der Waals surface area (Å²) in [6.07, 6.45) is 1.70. The van der Waals surface area contributed by atoms with Gasteiger partial charge in [-0.25, -0.2) is 0 Å².